The normalized spacial score (nSPS) is 12.9. The molecule has 102 valence electrons. The zero-order chi connectivity index (χ0) is 14.0. The second-order valence-electron chi connectivity index (χ2n) is 5.13. The zero-order valence-electron chi connectivity index (χ0n) is 11.4. The lowest BCUT2D eigenvalue weighted by molar-refractivity contribution is -0.148. The van der Waals surface area contributed by atoms with Crippen LogP contribution in [0.2, 0.25) is 5.02 Å². The first kappa shape index (κ1) is 13.9. The lowest BCUT2D eigenvalue weighted by atomic mass is 10.2. The topological polar surface area (TPSA) is 31.2 Å². The monoisotopic (exact) mass is 279 g/mol. The average Bonchev–Trinajstić information content (AvgIpc) is 2.77. The van der Waals surface area contributed by atoms with E-state index in [0.717, 1.165) is 10.9 Å². The fraction of sp³-hybridized carbons (Fsp3) is 0.400. The molecule has 0 aliphatic carbocycles. The standard InChI is InChI=1S/C15H18ClNO2/c1-10(2)9-19-15(18)11(3)17-7-6-12-8-13(16)4-5-14(12)17/h4-8,10-11H,9H2,1-3H3. The van der Waals surface area contributed by atoms with Gasteiger partial charge in [0.05, 0.1) is 6.61 Å². The maximum absolute atomic E-state index is 12.0. The van der Waals surface area contributed by atoms with Gasteiger partial charge in [0.15, 0.2) is 0 Å². The first-order valence-electron chi connectivity index (χ1n) is 6.41. The van der Waals surface area contributed by atoms with Crippen LogP contribution >= 0.6 is 11.6 Å². The van der Waals surface area contributed by atoms with Gasteiger partial charge in [0.25, 0.3) is 0 Å². The second-order valence-corrected chi connectivity index (χ2v) is 5.56. The van der Waals surface area contributed by atoms with Crippen molar-refractivity contribution in [2.45, 2.75) is 26.8 Å². The molecule has 0 radical (unpaired) electrons. The van der Waals surface area contributed by atoms with E-state index >= 15 is 0 Å². The molecule has 19 heavy (non-hydrogen) atoms. The van der Waals surface area contributed by atoms with Crippen LogP contribution in [0.3, 0.4) is 0 Å². The van der Waals surface area contributed by atoms with Gasteiger partial charge in [-0.05, 0) is 37.1 Å². The SMILES string of the molecule is CC(C)COC(=O)C(C)n1ccc2cc(Cl)ccc21. The molecular weight excluding hydrogens is 262 g/mol. The third-order valence-corrected chi connectivity index (χ3v) is 3.23. The third-order valence-electron chi connectivity index (χ3n) is 3.00. The molecule has 0 saturated carbocycles. The molecule has 0 N–H and O–H groups in total. The lowest BCUT2D eigenvalue weighted by Crippen LogP contribution is -2.20. The number of nitrogens with zero attached hydrogens (tertiary/aromatic N) is 1. The number of benzene rings is 1. The molecule has 3 nitrogen and oxygen atoms in total. The highest BCUT2D eigenvalue weighted by molar-refractivity contribution is 6.31. The van der Waals surface area contributed by atoms with Crippen LogP contribution in [-0.4, -0.2) is 17.1 Å². The van der Waals surface area contributed by atoms with Crippen molar-refractivity contribution < 1.29 is 9.53 Å². The highest BCUT2D eigenvalue weighted by atomic mass is 35.5. The summed E-state index contributed by atoms with van der Waals surface area (Å²) in [5.41, 5.74) is 0.985. The molecule has 0 spiro atoms. The molecule has 0 fully saturated rings. The first-order valence-corrected chi connectivity index (χ1v) is 6.79. The Kier molecular flexibility index (Phi) is 4.15. The Labute approximate surface area is 118 Å². The summed E-state index contributed by atoms with van der Waals surface area (Å²) in [4.78, 5) is 12.0. The number of halogens is 1. The van der Waals surface area contributed by atoms with Crippen LogP contribution in [-0.2, 0) is 9.53 Å². The summed E-state index contributed by atoms with van der Waals surface area (Å²) in [6.07, 6.45) is 1.89. The van der Waals surface area contributed by atoms with Gasteiger partial charge >= 0.3 is 5.97 Å². The molecule has 0 bridgehead atoms. The summed E-state index contributed by atoms with van der Waals surface area (Å²) < 4.78 is 7.19. The first-order chi connectivity index (χ1) is 8.99. The predicted octanol–water partition coefficient (Wildman–Crippen LogP) is 4.05. The van der Waals surface area contributed by atoms with Crippen molar-refractivity contribution >= 4 is 28.5 Å². The van der Waals surface area contributed by atoms with Crippen LogP contribution in [0.15, 0.2) is 30.5 Å². The number of hydrogen-bond acceptors (Lipinski definition) is 2. The Hall–Kier alpha value is -1.48. The molecule has 0 amide bonds. The number of fused-ring (bicyclic) bond motifs is 1. The highest BCUT2D eigenvalue weighted by Crippen LogP contribution is 2.24. The smallest absolute Gasteiger partial charge is 0.328 e. The molecule has 1 atom stereocenters. The summed E-state index contributed by atoms with van der Waals surface area (Å²) in [7, 11) is 0. The zero-order valence-corrected chi connectivity index (χ0v) is 12.1. The van der Waals surface area contributed by atoms with Gasteiger partial charge in [-0.2, -0.15) is 0 Å². The highest BCUT2D eigenvalue weighted by Gasteiger charge is 2.18. The summed E-state index contributed by atoms with van der Waals surface area (Å²) >= 11 is 5.95. The second kappa shape index (κ2) is 5.66. The molecule has 1 heterocycles. The molecule has 1 aromatic carbocycles. The summed E-state index contributed by atoms with van der Waals surface area (Å²) in [5.74, 6) is 0.137. The van der Waals surface area contributed by atoms with Gasteiger partial charge in [0.1, 0.15) is 6.04 Å². The maximum Gasteiger partial charge on any atom is 0.328 e. The number of ether oxygens (including phenoxy) is 1. The molecule has 2 rings (SSSR count). The molecule has 1 aromatic heterocycles. The Morgan fingerprint density at radius 2 is 2.05 bits per heavy atom. The van der Waals surface area contributed by atoms with Gasteiger partial charge in [-0.25, -0.2) is 4.79 Å². The number of esters is 1. The van der Waals surface area contributed by atoms with Crippen molar-refractivity contribution in [3.63, 3.8) is 0 Å². The van der Waals surface area contributed by atoms with E-state index in [2.05, 4.69) is 0 Å². The van der Waals surface area contributed by atoms with Gasteiger partial charge in [-0.15, -0.1) is 0 Å². The molecule has 1 unspecified atom stereocenters. The molecule has 0 aliphatic heterocycles. The van der Waals surface area contributed by atoms with Crippen molar-refractivity contribution in [2.75, 3.05) is 6.61 Å². The van der Waals surface area contributed by atoms with E-state index in [9.17, 15) is 4.79 Å². The maximum atomic E-state index is 12.0. The van der Waals surface area contributed by atoms with E-state index < -0.39 is 0 Å². The van der Waals surface area contributed by atoms with Crippen molar-refractivity contribution in [3.8, 4) is 0 Å². The van der Waals surface area contributed by atoms with Gasteiger partial charge in [0, 0.05) is 22.1 Å². The molecular formula is C15H18ClNO2. The number of carbonyl (C=O) groups is 1. The van der Waals surface area contributed by atoms with E-state index in [0.29, 0.717) is 17.5 Å². The van der Waals surface area contributed by atoms with Crippen molar-refractivity contribution in [1.82, 2.24) is 4.57 Å². The third kappa shape index (κ3) is 3.10. The van der Waals surface area contributed by atoms with E-state index in [4.69, 9.17) is 16.3 Å². The van der Waals surface area contributed by atoms with Crippen LogP contribution in [0.5, 0.6) is 0 Å². The number of aromatic nitrogens is 1. The van der Waals surface area contributed by atoms with Gasteiger partial charge in [0.2, 0.25) is 0 Å². The predicted molar refractivity (Wildman–Crippen MR) is 77.5 cm³/mol. The van der Waals surface area contributed by atoms with Crippen LogP contribution in [0.25, 0.3) is 10.9 Å². The van der Waals surface area contributed by atoms with Gasteiger partial charge < -0.3 is 9.30 Å². The Balaban J connectivity index is 2.21. The molecule has 2 aromatic rings. The van der Waals surface area contributed by atoms with Crippen molar-refractivity contribution in [3.05, 3.63) is 35.5 Å². The number of rotatable bonds is 4. The number of hydrogen-bond donors (Lipinski definition) is 0. The van der Waals surface area contributed by atoms with Crippen molar-refractivity contribution in [1.29, 1.82) is 0 Å². The van der Waals surface area contributed by atoms with E-state index in [1.54, 1.807) is 0 Å². The summed E-state index contributed by atoms with van der Waals surface area (Å²) in [6.45, 7) is 6.33. The average molecular weight is 280 g/mol. The largest absolute Gasteiger partial charge is 0.464 e. The Morgan fingerprint density at radius 3 is 2.74 bits per heavy atom. The minimum absolute atomic E-state index is 0.207. The van der Waals surface area contributed by atoms with Gasteiger partial charge in [-0.1, -0.05) is 25.4 Å². The Bertz CT molecular complexity index is 589. The van der Waals surface area contributed by atoms with E-state index in [-0.39, 0.29) is 12.0 Å². The van der Waals surface area contributed by atoms with Crippen molar-refractivity contribution in [2.24, 2.45) is 5.92 Å². The lowest BCUT2D eigenvalue weighted by Gasteiger charge is -2.15. The fourth-order valence-corrected chi connectivity index (χ4v) is 2.14. The molecule has 0 saturated heterocycles. The van der Waals surface area contributed by atoms with Gasteiger partial charge in [-0.3, -0.25) is 0 Å². The molecule has 0 aliphatic rings. The Morgan fingerprint density at radius 1 is 1.32 bits per heavy atom. The van der Waals surface area contributed by atoms with Crippen LogP contribution in [0.4, 0.5) is 0 Å². The summed E-state index contributed by atoms with van der Waals surface area (Å²) in [6, 6.07) is 7.25. The van der Waals surface area contributed by atoms with Crippen LogP contribution < -0.4 is 0 Å². The minimum Gasteiger partial charge on any atom is -0.464 e. The van der Waals surface area contributed by atoms with Crippen LogP contribution in [0.1, 0.15) is 26.8 Å². The number of carbonyl (C=O) groups excluding carboxylic acids is 1. The fourth-order valence-electron chi connectivity index (χ4n) is 1.96. The minimum atomic E-state index is -0.336. The summed E-state index contributed by atoms with van der Waals surface area (Å²) in [5, 5.41) is 1.72. The van der Waals surface area contributed by atoms with E-state index in [1.165, 1.54) is 0 Å². The van der Waals surface area contributed by atoms with Crippen LogP contribution in [0, 0.1) is 5.92 Å². The quantitative estimate of drug-likeness (QED) is 0.791. The molecule has 4 heteroatoms. The van der Waals surface area contributed by atoms with E-state index in [1.807, 2.05) is 55.8 Å².